The van der Waals surface area contributed by atoms with Gasteiger partial charge in [-0.05, 0) is 29.3 Å². The summed E-state index contributed by atoms with van der Waals surface area (Å²) < 4.78 is 19.1. The molecule has 6 heteroatoms. The molecule has 0 aliphatic carbocycles. The van der Waals surface area contributed by atoms with Gasteiger partial charge in [-0.2, -0.15) is 0 Å². The summed E-state index contributed by atoms with van der Waals surface area (Å²) in [5.74, 6) is -0.00323. The number of hydrogen-bond donors (Lipinski definition) is 0. The van der Waals surface area contributed by atoms with Crippen LogP contribution in [0.5, 0.6) is 0 Å². The first kappa shape index (κ1) is 16.8. The third-order valence-corrected chi connectivity index (χ3v) is 5.61. The number of fused-ring (bicyclic) bond motifs is 3. The number of thiophene rings is 1. The van der Waals surface area contributed by atoms with Crippen molar-refractivity contribution >= 4 is 31.8 Å². The lowest BCUT2D eigenvalue weighted by molar-refractivity contribution is 0.468. The highest BCUT2D eigenvalue weighted by Crippen LogP contribution is 2.39. The van der Waals surface area contributed by atoms with Crippen LogP contribution in [0.25, 0.3) is 42.8 Å². The summed E-state index contributed by atoms with van der Waals surface area (Å²) in [5.41, 5.74) is 3.57. The van der Waals surface area contributed by atoms with Crippen LogP contribution < -0.4 is 5.63 Å². The number of pyridine rings is 1. The second kappa shape index (κ2) is 6.35. The normalized spacial score (nSPS) is 11.4. The fraction of sp³-hybridized carbons (Fsp3) is 0.0455. The topological polar surface area (TPSA) is 56.0 Å². The maximum Gasteiger partial charge on any atom is 0.357 e. The Bertz CT molecular complexity index is 1390. The molecule has 0 saturated heterocycles. The SMILES string of the molecule is Cc1nc2c(sc3nc(-c4ccccc4)cc(-c4ccc(F)cc4)c32)c(=O)o1. The highest BCUT2D eigenvalue weighted by molar-refractivity contribution is 7.25. The molecule has 0 saturated carbocycles. The predicted molar refractivity (Wildman–Crippen MR) is 109 cm³/mol. The van der Waals surface area contributed by atoms with Gasteiger partial charge in [-0.1, -0.05) is 42.5 Å². The summed E-state index contributed by atoms with van der Waals surface area (Å²) in [6, 6.07) is 18.0. The number of nitrogens with zero attached hydrogens (tertiary/aromatic N) is 2. The molecule has 28 heavy (non-hydrogen) atoms. The summed E-state index contributed by atoms with van der Waals surface area (Å²) in [6.07, 6.45) is 0. The van der Waals surface area contributed by atoms with Gasteiger partial charge in [0.2, 0.25) is 0 Å². The fourth-order valence-corrected chi connectivity index (χ4v) is 4.32. The Morgan fingerprint density at radius 2 is 1.71 bits per heavy atom. The van der Waals surface area contributed by atoms with Crippen molar-refractivity contribution in [1.82, 2.24) is 9.97 Å². The van der Waals surface area contributed by atoms with Gasteiger partial charge in [0, 0.05) is 17.9 Å². The van der Waals surface area contributed by atoms with Crippen LogP contribution in [0.1, 0.15) is 5.89 Å². The summed E-state index contributed by atoms with van der Waals surface area (Å²) in [7, 11) is 0. The molecule has 5 aromatic rings. The Balaban J connectivity index is 1.92. The number of rotatable bonds is 2. The van der Waals surface area contributed by atoms with Gasteiger partial charge in [0.15, 0.2) is 5.89 Å². The van der Waals surface area contributed by atoms with Crippen LogP contribution >= 0.6 is 11.3 Å². The summed E-state index contributed by atoms with van der Waals surface area (Å²) in [4.78, 5) is 22.3. The second-order valence-corrected chi connectivity index (χ2v) is 7.41. The van der Waals surface area contributed by atoms with Crippen LogP contribution in [0.15, 0.2) is 69.9 Å². The average molecular weight is 388 g/mol. The zero-order valence-electron chi connectivity index (χ0n) is 14.8. The number of halogens is 1. The van der Waals surface area contributed by atoms with Crippen molar-refractivity contribution < 1.29 is 8.81 Å². The van der Waals surface area contributed by atoms with Crippen molar-refractivity contribution in [1.29, 1.82) is 0 Å². The third-order valence-electron chi connectivity index (χ3n) is 4.56. The van der Waals surface area contributed by atoms with Gasteiger partial charge >= 0.3 is 5.63 Å². The minimum absolute atomic E-state index is 0.300. The largest absolute Gasteiger partial charge is 0.408 e. The summed E-state index contributed by atoms with van der Waals surface area (Å²) in [5, 5.41) is 0.780. The van der Waals surface area contributed by atoms with Crippen LogP contribution in [0.3, 0.4) is 0 Å². The van der Waals surface area contributed by atoms with E-state index in [9.17, 15) is 9.18 Å². The lowest BCUT2D eigenvalue weighted by Gasteiger charge is -2.08. The first-order chi connectivity index (χ1) is 13.6. The Labute approximate surface area is 162 Å². The van der Waals surface area contributed by atoms with Gasteiger partial charge in [0.1, 0.15) is 20.9 Å². The highest BCUT2D eigenvalue weighted by atomic mass is 32.1. The van der Waals surface area contributed by atoms with Gasteiger partial charge in [-0.25, -0.2) is 19.2 Å². The highest BCUT2D eigenvalue weighted by Gasteiger charge is 2.19. The molecule has 0 amide bonds. The Hall–Kier alpha value is -3.38. The van der Waals surface area contributed by atoms with E-state index in [4.69, 9.17) is 9.40 Å². The number of hydrogen-bond acceptors (Lipinski definition) is 5. The van der Waals surface area contributed by atoms with Crippen molar-refractivity contribution in [2.45, 2.75) is 6.92 Å². The van der Waals surface area contributed by atoms with Gasteiger partial charge in [0.25, 0.3) is 0 Å². The van der Waals surface area contributed by atoms with Crippen LogP contribution in [-0.2, 0) is 0 Å². The van der Waals surface area contributed by atoms with Gasteiger partial charge in [-0.15, -0.1) is 11.3 Å². The molecule has 0 atom stereocenters. The second-order valence-electron chi connectivity index (χ2n) is 6.41. The quantitative estimate of drug-likeness (QED) is 0.396. The van der Waals surface area contributed by atoms with Crippen LogP contribution in [0.2, 0.25) is 0 Å². The lowest BCUT2D eigenvalue weighted by atomic mass is 10.00. The maximum absolute atomic E-state index is 13.5. The molecule has 4 nitrogen and oxygen atoms in total. The van der Waals surface area contributed by atoms with E-state index >= 15 is 0 Å². The summed E-state index contributed by atoms with van der Waals surface area (Å²) in [6.45, 7) is 1.65. The van der Waals surface area contributed by atoms with Crippen molar-refractivity contribution in [3.05, 3.63) is 82.8 Å². The fourth-order valence-electron chi connectivity index (χ4n) is 3.30. The molecule has 0 spiro atoms. The van der Waals surface area contributed by atoms with E-state index in [1.165, 1.54) is 23.5 Å². The molecule has 0 aliphatic rings. The Morgan fingerprint density at radius 3 is 2.46 bits per heavy atom. The lowest BCUT2D eigenvalue weighted by Crippen LogP contribution is -2.00. The molecule has 0 aliphatic heterocycles. The molecule has 3 aromatic heterocycles. The molecule has 3 heterocycles. The molecule has 2 aromatic carbocycles. The van der Waals surface area contributed by atoms with E-state index in [0.717, 1.165) is 27.8 Å². The van der Waals surface area contributed by atoms with E-state index in [-0.39, 0.29) is 5.82 Å². The van der Waals surface area contributed by atoms with E-state index in [0.29, 0.717) is 20.9 Å². The predicted octanol–water partition coefficient (Wildman–Crippen LogP) is 5.58. The summed E-state index contributed by atoms with van der Waals surface area (Å²) >= 11 is 1.26. The number of benzene rings is 2. The van der Waals surface area contributed by atoms with E-state index in [1.54, 1.807) is 19.1 Å². The molecule has 0 fully saturated rings. The number of aromatic nitrogens is 2. The molecule has 0 bridgehead atoms. The van der Waals surface area contributed by atoms with Crippen molar-refractivity contribution in [2.24, 2.45) is 0 Å². The standard InChI is InChI=1S/C22H13FN2O2S/c1-12-24-19-18-16(13-7-9-15(23)10-8-13)11-17(14-5-3-2-4-6-14)25-21(18)28-20(19)22(26)27-12/h2-11H,1H3. The van der Waals surface area contributed by atoms with Crippen LogP contribution in [0.4, 0.5) is 4.39 Å². The van der Waals surface area contributed by atoms with Crippen LogP contribution in [-0.4, -0.2) is 9.97 Å². The molecule has 136 valence electrons. The number of aryl methyl sites for hydroxylation is 1. The molecule has 0 radical (unpaired) electrons. The van der Waals surface area contributed by atoms with Gasteiger partial charge in [0.05, 0.1) is 5.69 Å². The van der Waals surface area contributed by atoms with Crippen molar-refractivity contribution in [2.75, 3.05) is 0 Å². The molecule has 0 N–H and O–H groups in total. The van der Waals surface area contributed by atoms with Crippen molar-refractivity contribution in [3.8, 4) is 22.4 Å². The van der Waals surface area contributed by atoms with Gasteiger partial charge < -0.3 is 4.42 Å². The zero-order chi connectivity index (χ0) is 19.3. The monoisotopic (exact) mass is 388 g/mol. The van der Waals surface area contributed by atoms with E-state index in [2.05, 4.69) is 4.98 Å². The van der Waals surface area contributed by atoms with Crippen molar-refractivity contribution in [3.63, 3.8) is 0 Å². The minimum Gasteiger partial charge on any atom is -0.408 e. The molecular weight excluding hydrogens is 375 g/mol. The average Bonchev–Trinajstić information content (AvgIpc) is 3.07. The first-order valence-corrected chi connectivity index (χ1v) is 9.48. The van der Waals surface area contributed by atoms with E-state index in [1.807, 2.05) is 36.4 Å². The van der Waals surface area contributed by atoms with Gasteiger partial charge in [-0.3, -0.25) is 0 Å². The van der Waals surface area contributed by atoms with Crippen LogP contribution in [0, 0.1) is 12.7 Å². The Morgan fingerprint density at radius 1 is 0.964 bits per heavy atom. The minimum atomic E-state index is -0.420. The van der Waals surface area contributed by atoms with E-state index < -0.39 is 5.63 Å². The first-order valence-electron chi connectivity index (χ1n) is 8.66. The third kappa shape index (κ3) is 2.70. The molecular formula is C22H13FN2O2S. The maximum atomic E-state index is 13.5. The smallest absolute Gasteiger partial charge is 0.357 e. The molecule has 0 unspecified atom stereocenters. The molecule has 5 rings (SSSR count). The Kier molecular flexibility index (Phi) is 3.80. The zero-order valence-corrected chi connectivity index (χ0v) is 15.6.